The molecule has 0 spiro atoms. The fraction of sp³-hybridized carbons (Fsp3) is 0.958. The van der Waals surface area contributed by atoms with E-state index in [9.17, 15) is 20.1 Å². The SMILES string of the molecule is C[C@H](CCC(=O)O)[C@H]1CC[C@H]2[C@@H]3[C@H](O)C[C@H]4C[C@@H](O)C[C@H](O)[C@]4(C)[C@H]3CC[C@]12C. The van der Waals surface area contributed by atoms with Gasteiger partial charge in [0.25, 0.3) is 0 Å². The highest BCUT2D eigenvalue weighted by Crippen LogP contribution is 2.68. The number of hydrogen-bond donors (Lipinski definition) is 4. The number of aliphatic carboxylic acids is 1. The van der Waals surface area contributed by atoms with E-state index in [1.807, 2.05) is 0 Å². The molecule has 0 radical (unpaired) electrons. The number of carboxylic acids is 1. The van der Waals surface area contributed by atoms with Crippen molar-refractivity contribution in [1.82, 2.24) is 0 Å². The van der Waals surface area contributed by atoms with E-state index in [1.54, 1.807) is 0 Å². The van der Waals surface area contributed by atoms with Crippen LogP contribution in [0.15, 0.2) is 0 Å². The van der Waals surface area contributed by atoms with Crippen molar-refractivity contribution in [2.45, 2.75) is 96.9 Å². The van der Waals surface area contributed by atoms with Crippen LogP contribution in [0.5, 0.6) is 0 Å². The number of carbonyl (C=O) groups is 1. The van der Waals surface area contributed by atoms with E-state index in [2.05, 4.69) is 20.8 Å². The van der Waals surface area contributed by atoms with Crippen molar-refractivity contribution in [3.05, 3.63) is 0 Å². The molecule has 4 aliphatic rings. The first-order valence-electron chi connectivity index (χ1n) is 11.8. The molecule has 11 atom stereocenters. The minimum atomic E-state index is -0.713. The summed E-state index contributed by atoms with van der Waals surface area (Å²) in [6.07, 6.45) is 5.88. The van der Waals surface area contributed by atoms with Crippen LogP contribution in [-0.4, -0.2) is 44.7 Å². The summed E-state index contributed by atoms with van der Waals surface area (Å²) in [5.41, 5.74) is -0.0557. The van der Waals surface area contributed by atoms with Gasteiger partial charge in [-0.1, -0.05) is 20.8 Å². The zero-order chi connectivity index (χ0) is 21.1. The molecule has 0 unspecified atom stereocenters. The second-order valence-corrected chi connectivity index (χ2v) is 11.4. The van der Waals surface area contributed by atoms with Gasteiger partial charge in [-0.25, -0.2) is 0 Å². The number of aliphatic hydroxyl groups is 3. The van der Waals surface area contributed by atoms with E-state index in [4.69, 9.17) is 5.11 Å². The summed E-state index contributed by atoms with van der Waals surface area (Å²) < 4.78 is 0. The van der Waals surface area contributed by atoms with E-state index < -0.39 is 18.2 Å². The van der Waals surface area contributed by atoms with Gasteiger partial charge in [-0.2, -0.15) is 0 Å². The van der Waals surface area contributed by atoms with Gasteiger partial charge in [0.1, 0.15) is 0 Å². The molecule has 0 aromatic rings. The predicted octanol–water partition coefficient (Wildman–Crippen LogP) is 3.45. The van der Waals surface area contributed by atoms with Gasteiger partial charge in [-0.15, -0.1) is 0 Å². The van der Waals surface area contributed by atoms with Crippen molar-refractivity contribution in [2.24, 2.45) is 46.3 Å². The summed E-state index contributed by atoms with van der Waals surface area (Å²) in [7, 11) is 0. The maximum absolute atomic E-state index is 11.3. The van der Waals surface area contributed by atoms with Crippen molar-refractivity contribution >= 4 is 5.97 Å². The van der Waals surface area contributed by atoms with Crippen LogP contribution in [0.25, 0.3) is 0 Å². The molecule has 0 saturated heterocycles. The first-order valence-corrected chi connectivity index (χ1v) is 11.8. The van der Waals surface area contributed by atoms with Crippen LogP contribution >= 0.6 is 0 Å². The summed E-state index contributed by atoms with van der Waals surface area (Å²) in [5.74, 6) is 1.36. The molecule has 4 N–H and O–H groups in total. The van der Waals surface area contributed by atoms with Gasteiger partial charge in [0, 0.05) is 6.42 Å². The summed E-state index contributed by atoms with van der Waals surface area (Å²) in [4.78, 5) is 11.1. The van der Waals surface area contributed by atoms with Gasteiger partial charge in [0.15, 0.2) is 0 Å². The van der Waals surface area contributed by atoms with Crippen molar-refractivity contribution in [3.8, 4) is 0 Å². The lowest BCUT2D eigenvalue weighted by Crippen LogP contribution is -2.62. The second-order valence-electron chi connectivity index (χ2n) is 11.4. The molecule has 0 aliphatic heterocycles. The van der Waals surface area contributed by atoms with Gasteiger partial charge in [-0.3, -0.25) is 4.79 Å². The molecule has 29 heavy (non-hydrogen) atoms. The van der Waals surface area contributed by atoms with Crippen LogP contribution in [0, 0.1) is 46.3 Å². The Bertz CT molecular complexity index is 637. The largest absolute Gasteiger partial charge is 0.481 e. The van der Waals surface area contributed by atoms with Gasteiger partial charge in [0.2, 0.25) is 0 Å². The van der Waals surface area contributed by atoms with Crippen molar-refractivity contribution in [1.29, 1.82) is 0 Å². The lowest BCUT2D eigenvalue weighted by atomic mass is 9.43. The highest BCUT2D eigenvalue weighted by Gasteiger charge is 2.64. The molecule has 0 amide bonds. The molecule has 4 aliphatic carbocycles. The molecule has 166 valence electrons. The highest BCUT2D eigenvalue weighted by molar-refractivity contribution is 5.66. The minimum absolute atomic E-state index is 0.155. The number of carboxylic acid groups (broad SMARTS) is 1. The van der Waals surface area contributed by atoms with Gasteiger partial charge in [0.05, 0.1) is 18.3 Å². The van der Waals surface area contributed by atoms with Gasteiger partial charge in [-0.05, 0) is 97.7 Å². The van der Waals surface area contributed by atoms with Crippen LogP contribution in [0.3, 0.4) is 0 Å². The fourth-order valence-corrected chi connectivity index (χ4v) is 8.80. The van der Waals surface area contributed by atoms with E-state index >= 15 is 0 Å². The van der Waals surface area contributed by atoms with E-state index in [0.717, 1.165) is 32.1 Å². The molecular formula is C24H40O5. The molecule has 0 heterocycles. The number of aliphatic hydroxyl groups excluding tert-OH is 3. The quantitative estimate of drug-likeness (QED) is 0.571. The molecular weight excluding hydrogens is 368 g/mol. The van der Waals surface area contributed by atoms with Gasteiger partial charge < -0.3 is 20.4 Å². The highest BCUT2D eigenvalue weighted by atomic mass is 16.4. The smallest absolute Gasteiger partial charge is 0.303 e. The molecule has 5 heteroatoms. The Labute approximate surface area is 174 Å². The van der Waals surface area contributed by atoms with Crippen LogP contribution in [0.1, 0.15) is 78.6 Å². The Hall–Kier alpha value is -0.650. The first kappa shape index (κ1) is 21.6. The molecule has 0 aromatic heterocycles. The molecule has 0 bridgehead atoms. The molecule has 5 nitrogen and oxygen atoms in total. The Morgan fingerprint density at radius 3 is 2.45 bits per heavy atom. The van der Waals surface area contributed by atoms with Crippen molar-refractivity contribution in [2.75, 3.05) is 0 Å². The van der Waals surface area contributed by atoms with Crippen molar-refractivity contribution < 1.29 is 25.2 Å². The van der Waals surface area contributed by atoms with Crippen LogP contribution in [-0.2, 0) is 4.79 Å². The monoisotopic (exact) mass is 408 g/mol. The molecule has 0 aromatic carbocycles. The molecule has 4 saturated carbocycles. The Balaban J connectivity index is 1.58. The third kappa shape index (κ3) is 3.27. The summed E-state index contributed by atoms with van der Waals surface area (Å²) in [5, 5.41) is 41.6. The lowest BCUT2D eigenvalue weighted by molar-refractivity contribution is -0.212. The molecule has 4 rings (SSSR count). The standard InChI is InChI=1S/C24H40O5/c1-13(4-7-21(28)29)16-5-6-17-22-18(8-9-23(16,17)2)24(3)14(11-19(22)26)10-15(25)12-20(24)27/h13-20,22,25-27H,4-12H2,1-3H3,(H,28,29)/t13-,14-,15-,16-,17+,18+,19-,20+,22+,23-,24+/m1/s1. The Kier molecular flexibility index (Phi) is 5.57. The lowest BCUT2D eigenvalue weighted by Gasteiger charge is -2.63. The fourth-order valence-electron chi connectivity index (χ4n) is 8.80. The van der Waals surface area contributed by atoms with Crippen LogP contribution in [0.2, 0.25) is 0 Å². The number of rotatable bonds is 4. The number of hydrogen-bond acceptors (Lipinski definition) is 4. The van der Waals surface area contributed by atoms with Crippen LogP contribution in [0.4, 0.5) is 0 Å². The van der Waals surface area contributed by atoms with E-state index in [1.165, 1.54) is 0 Å². The summed E-state index contributed by atoms with van der Waals surface area (Å²) >= 11 is 0. The zero-order valence-electron chi connectivity index (χ0n) is 18.3. The maximum atomic E-state index is 11.3. The first-order chi connectivity index (χ1) is 13.6. The second kappa shape index (κ2) is 7.49. The third-order valence-electron chi connectivity index (χ3n) is 10.3. The summed E-state index contributed by atoms with van der Waals surface area (Å²) in [6, 6.07) is 0. The van der Waals surface area contributed by atoms with Crippen LogP contribution < -0.4 is 0 Å². The Morgan fingerprint density at radius 1 is 1.03 bits per heavy atom. The predicted molar refractivity (Wildman–Crippen MR) is 110 cm³/mol. The van der Waals surface area contributed by atoms with Crippen molar-refractivity contribution in [3.63, 3.8) is 0 Å². The van der Waals surface area contributed by atoms with E-state index in [0.29, 0.717) is 42.9 Å². The topological polar surface area (TPSA) is 98.0 Å². The summed E-state index contributed by atoms with van der Waals surface area (Å²) in [6.45, 7) is 6.83. The number of fused-ring (bicyclic) bond motifs is 5. The minimum Gasteiger partial charge on any atom is -0.481 e. The average molecular weight is 409 g/mol. The molecule has 4 fully saturated rings. The maximum Gasteiger partial charge on any atom is 0.303 e. The van der Waals surface area contributed by atoms with E-state index in [-0.39, 0.29) is 35.2 Å². The zero-order valence-corrected chi connectivity index (χ0v) is 18.3. The third-order valence-corrected chi connectivity index (χ3v) is 10.3. The Morgan fingerprint density at radius 2 is 1.76 bits per heavy atom. The van der Waals surface area contributed by atoms with Gasteiger partial charge >= 0.3 is 5.97 Å². The average Bonchev–Trinajstić information content (AvgIpc) is 2.99. The normalized spacial score (nSPS) is 52.9.